The third-order valence-corrected chi connectivity index (χ3v) is 5.35. The van der Waals surface area contributed by atoms with Crippen LogP contribution >= 0.6 is 15.9 Å². The highest BCUT2D eigenvalue weighted by molar-refractivity contribution is 9.10. The second-order valence-electron chi connectivity index (χ2n) is 5.92. The third kappa shape index (κ3) is 2.44. The lowest BCUT2D eigenvalue weighted by Gasteiger charge is -2.28. The minimum Gasteiger partial charge on any atom is -0.295 e. The molecule has 1 aromatic rings. The first-order valence-corrected chi connectivity index (χ1v) is 7.73. The smallest absolute Gasteiger partial charge is 0.129 e. The molecule has 0 bridgehead atoms. The number of nitriles is 1. The van der Waals surface area contributed by atoms with Crippen LogP contribution in [-0.2, 0) is 6.54 Å². The van der Waals surface area contributed by atoms with E-state index in [0.29, 0.717) is 18.5 Å². The van der Waals surface area contributed by atoms with E-state index in [-0.39, 0.29) is 0 Å². The Kier molecular flexibility index (Phi) is 3.18. The number of aryl methyl sites for hydroxylation is 1. The lowest BCUT2D eigenvalue weighted by atomic mass is 9.94. The van der Waals surface area contributed by atoms with Crippen molar-refractivity contribution in [3.8, 4) is 6.07 Å². The van der Waals surface area contributed by atoms with Crippen molar-refractivity contribution in [2.24, 2.45) is 5.92 Å². The zero-order chi connectivity index (χ0) is 13.6. The normalized spacial score (nSPS) is 22.0. The second-order valence-corrected chi connectivity index (χ2v) is 6.71. The predicted octanol–water partition coefficient (Wildman–Crippen LogP) is 2.69. The molecule has 2 aliphatic rings. The van der Waals surface area contributed by atoms with E-state index in [9.17, 15) is 5.26 Å². The van der Waals surface area contributed by atoms with Gasteiger partial charge in [-0.1, -0.05) is 0 Å². The zero-order valence-corrected chi connectivity index (χ0v) is 13.0. The van der Waals surface area contributed by atoms with Gasteiger partial charge >= 0.3 is 0 Å². The fraction of sp³-hybridized carbons (Fsp3) is 0.714. The molecule has 4 nitrogen and oxygen atoms in total. The minimum atomic E-state index is -0.427. The van der Waals surface area contributed by atoms with Crippen LogP contribution in [0.25, 0.3) is 0 Å². The van der Waals surface area contributed by atoms with E-state index in [1.54, 1.807) is 0 Å². The van der Waals surface area contributed by atoms with Crippen LogP contribution in [0.5, 0.6) is 0 Å². The van der Waals surface area contributed by atoms with Gasteiger partial charge in [0.15, 0.2) is 0 Å². The van der Waals surface area contributed by atoms with Gasteiger partial charge in [-0.3, -0.25) is 10.00 Å². The molecule has 5 heteroatoms. The Morgan fingerprint density at radius 3 is 2.53 bits per heavy atom. The SMILES string of the molecule is Cc1nn(CC(C#N)(NC2CC2)C2CC2)c(C)c1Br. The van der Waals surface area contributed by atoms with Crippen molar-refractivity contribution >= 4 is 15.9 Å². The summed E-state index contributed by atoms with van der Waals surface area (Å²) < 4.78 is 3.04. The standard InChI is InChI=1S/C14H19BrN4/c1-9-13(15)10(2)19(18-9)8-14(7-16,11-3-4-11)17-12-5-6-12/h11-12,17H,3-6,8H2,1-2H3. The van der Waals surface area contributed by atoms with E-state index in [1.165, 1.54) is 12.8 Å². The minimum absolute atomic E-state index is 0.427. The molecule has 0 saturated heterocycles. The molecule has 2 aliphatic carbocycles. The van der Waals surface area contributed by atoms with Crippen LogP contribution in [0.4, 0.5) is 0 Å². The maximum Gasteiger partial charge on any atom is 0.129 e. The molecule has 1 atom stereocenters. The van der Waals surface area contributed by atoms with Gasteiger partial charge in [-0.15, -0.1) is 0 Å². The molecule has 102 valence electrons. The molecule has 1 N–H and O–H groups in total. The molecule has 0 aliphatic heterocycles. The molecule has 0 radical (unpaired) electrons. The molecular formula is C14H19BrN4. The number of hydrogen-bond acceptors (Lipinski definition) is 3. The van der Waals surface area contributed by atoms with Crippen LogP contribution in [0, 0.1) is 31.1 Å². The van der Waals surface area contributed by atoms with Crippen molar-refractivity contribution in [3.63, 3.8) is 0 Å². The van der Waals surface area contributed by atoms with Gasteiger partial charge in [0.25, 0.3) is 0 Å². The van der Waals surface area contributed by atoms with Gasteiger partial charge in [-0.25, -0.2) is 0 Å². The summed E-state index contributed by atoms with van der Waals surface area (Å²) in [5.74, 6) is 0.487. The summed E-state index contributed by atoms with van der Waals surface area (Å²) in [5.41, 5.74) is 1.67. The second kappa shape index (κ2) is 4.60. The highest BCUT2D eigenvalue weighted by Crippen LogP contribution is 2.42. The quantitative estimate of drug-likeness (QED) is 0.906. The van der Waals surface area contributed by atoms with Crippen LogP contribution in [-0.4, -0.2) is 21.4 Å². The summed E-state index contributed by atoms with van der Waals surface area (Å²) >= 11 is 3.56. The Labute approximate surface area is 122 Å². The number of halogens is 1. The van der Waals surface area contributed by atoms with Crippen molar-refractivity contribution in [2.75, 3.05) is 0 Å². The first-order chi connectivity index (χ1) is 9.05. The maximum absolute atomic E-state index is 9.73. The van der Waals surface area contributed by atoms with Crippen LogP contribution < -0.4 is 5.32 Å². The van der Waals surface area contributed by atoms with E-state index in [2.05, 4.69) is 39.3 Å². The van der Waals surface area contributed by atoms with Crippen LogP contribution in [0.2, 0.25) is 0 Å². The highest BCUT2D eigenvalue weighted by Gasteiger charge is 2.49. The summed E-state index contributed by atoms with van der Waals surface area (Å²) in [5, 5.41) is 17.9. The van der Waals surface area contributed by atoms with Crippen molar-refractivity contribution in [2.45, 2.75) is 57.7 Å². The van der Waals surface area contributed by atoms with Crippen LogP contribution in [0.15, 0.2) is 4.47 Å². The first-order valence-electron chi connectivity index (χ1n) is 6.94. The molecule has 2 saturated carbocycles. The molecule has 0 spiro atoms. The molecule has 1 aromatic heterocycles. The Bertz CT molecular complexity index is 536. The number of rotatable bonds is 5. The fourth-order valence-electron chi connectivity index (χ4n) is 2.68. The topological polar surface area (TPSA) is 53.6 Å². The molecule has 19 heavy (non-hydrogen) atoms. The van der Waals surface area contributed by atoms with Crippen LogP contribution in [0.1, 0.15) is 37.1 Å². The number of nitrogens with one attached hydrogen (secondary N) is 1. The number of nitrogens with zero attached hydrogens (tertiary/aromatic N) is 3. The van der Waals surface area contributed by atoms with Gasteiger partial charge in [-0.2, -0.15) is 10.4 Å². The summed E-state index contributed by atoms with van der Waals surface area (Å²) in [6, 6.07) is 3.11. The Morgan fingerprint density at radius 2 is 2.11 bits per heavy atom. The Balaban J connectivity index is 1.87. The highest BCUT2D eigenvalue weighted by atomic mass is 79.9. The summed E-state index contributed by atoms with van der Waals surface area (Å²) in [4.78, 5) is 0. The molecule has 3 rings (SSSR count). The van der Waals surface area contributed by atoms with E-state index in [1.807, 2.05) is 11.6 Å². The van der Waals surface area contributed by atoms with E-state index in [4.69, 9.17) is 0 Å². The van der Waals surface area contributed by atoms with Crippen molar-refractivity contribution < 1.29 is 0 Å². The Morgan fingerprint density at radius 1 is 1.42 bits per heavy atom. The van der Waals surface area contributed by atoms with E-state index < -0.39 is 5.54 Å². The number of hydrogen-bond donors (Lipinski definition) is 1. The van der Waals surface area contributed by atoms with Crippen molar-refractivity contribution in [1.82, 2.24) is 15.1 Å². The molecule has 1 heterocycles. The summed E-state index contributed by atoms with van der Waals surface area (Å²) in [6.45, 7) is 4.70. The van der Waals surface area contributed by atoms with E-state index >= 15 is 0 Å². The van der Waals surface area contributed by atoms with Gasteiger partial charge in [-0.05, 0) is 61.4 Å². The van der Waals surface area contributed by atoms with Crippen LogP contribution in [0.3, 0.4) is 0 Å². The lowest BCUT2D eigenvalue weighted by Crippen LogP contribution is -2.51. The fourth-order valence-corrected chi connectivity index (χ4v) is 2.97. The monoisotopic (exact) mass is 322 g/mol. The third-order valence-electron chi connectivity index (χ3n) is 4.21. The summed E-state index contributed by atoms with van der Waals surface area (Å²) in [7, 11) is 0. The van der Waals surface area contributed by atoms with Gasteiger partial charge < -0.3 is 0 Å². The van der Waals surface area contributed by atoms with Gasteiger partial charge in [0.05, 0.1) is 22.8 Å². The molecular weight excluding hydrogens is 304 g/mol. The first kappa shape index (κ1) is 13.1. The van der Waals surface area contributed by atoms with E-state index in [0.717, 1.165) is 28.7 Å². The predicted molar refractivity (Wildman–Crippen MR) is 76.6 cm³/mol. The van der Waals surface area contributed by atoms with Crippen molar-refractivity contribution in [1.29, 1.82) is 5.26 Å². The molecule has 2 fully saturated rings. The zero-order valence-electron chi connectivity index (χ0n) is 11.4. The van der Waals surface area contributed by atoms with Gasteiger partial charge in [0, 0.05) is 11.7 Å². The average Bonchev–Trinajstić information content (AvgIpc) is 3.26. The molecule has 0 aromatic carbocycles. The summed E-state index contributed by atoms with van der Waals surface area (Å²) in [6.07, 6.45) is 4.73. The number of aromatic nitrogens is 2. The molecule has 0 amide bonds. The maximum atomic E-state index is 9.73. The Hall–Kier alpha value is -0.860. The van der Waals surface area contributed by atoms with Gasteiger partial charge in [0.2, 0.25) is 0 Å². The molecule has 1 unspecified atom stereocenters. The lowest BCUT2D eigenvalue weighted by molar-refractivity contribution is 0.299. The van der Waals surface area contributed by atoms with Crippen molar-refractivity contribution in [3.05, 3.63) is 15.9 Å². The largest absolute Gasteiger partial charge is 0.295 e. The van der Waals surface area contributed by atoms with Gasteiger partial charge in [0.1, 0.15) is 5.54 Å². The average molecular weight is 323 g/mol.